The zero-order chi connectivity index (χ0) is 20.0. The lowest BCUT2D eigenvalue weighted by Gasteiger charge is -2.27. The minimum atomic E-state index is -0.373. The van der Waals surface area contributed by atoms with Crippen LogP contribution in [0.1, 0.15) is 17.2 Å². The molecule has 0 saturated heterocycles. The third kappa shape index (κ3) is 2.66. The number of hydrogen-bond donors (Lipinski definition) is 0. The second-order valence-electron chi connectivity index (χ2n) is 7.00. The molecule has 7 nitrogen and oxygen atoms in total. The van der Waals surface area contributed by atoms with E-state index in [0.29, 0.717) is 5.65 Å². The highest BCUT2D eigenvalue weighted by Crippen LogP contribution is 2.47. The van der Waals surface area contributed by atoms with Crippen LogP contribution in [-0.4, -0.2) is 39.9 Å². The van der Waals surface area contributed by atoms with Gasteiger partial charge in [0.15, 0.2) is 5.65 Å². The van der Waals surface area contributed by atoms with Gasteiger partial charge >= 0.3 is 5.97 Å². The van der Waals surface area contributed by atoms with Crippen molar-refractivity contribution < 1.29 is 9.53 Å². The molecule has 29 heavy (non-hydrogen) atoms. The van der Waals surface area contributed by atoms with Crippen LogP contribution in [0.25, 0.3) is 22.2 Å². The van der Waals surface area contributed by atoms with E-state index in [4.69, 9.17) is 4.74 Å². The summed E-state index contributed by atoms with van der Waals surface area (Å²) < 4.78 is 6.29. The van der Waals surface area contributed by atoms with Crippen LogP contribution in [0.3, 0.4) is 0 Å². The predicted octanol–water partition coefficient (Wildman–Crippen LogP) is 3.21. The molecule has 0 fully saturated rings. The van der Waals surface area contributed by atoms with Gasteiger partial charge in [-0.05, 0) is 22.3 Å². The van der Waals surface area contributed by atoms with Gasteiger partial charge in [-0.2, -0.15) is 5.10 Å². The van der Waals surface area contributed by atoms with Crippen molar-refractivity contribution in [1.82, 2.24) is 19.7 Å². The van der Waals surface area contributed by atoms with E-state index >= 15 is 0 Å². The smallest absolute Gasteiger partial charge is 0.327 e. The zero-order valence-corrected chi connectivity index (χ0v) is 16.1. The molecule has 2 aromatic heterocycles. The van der Waals surface area contributed by atoms with E-state index < -0.39 is 0 Å². The fraction of sp³-hybridized carbons (Fsp3) is 0.182. The molecule has 2 heterocycles. The van der Waals surface area contributed by atoms with Crippen molar-refractivity contribution in [2.75, 3.05) is 19.1 Å². The van der Waals surface area contributed by atoms with Crippen molar-refractivity contribution in [1.29, 1.82) is 0 Å². The van der Waals surface area contributed by atoms with Crippen LogP contribution >= 0.6 is 0 Å². The first-order valence-corrected chi connectivity index (χ1v) is 9.33. The van der Waals surface area contributed by atoms with Gasteiger partial charge < -0.3 is 9.64 Å². The molecule has 1 aliphatic carbocycles. The van der Waals surface area contributed by atoms with Gasteiger partial charge in [0.2, 0.25) is 0 Å². The third-order valence-electron chi connectivity index (χ3n) is 5.44. The standard InChI is InChI=1S/C22H19N5O2/c1-26(20-16-9-5-3-7-14(16)15-8-4-6-10-17(15)20)21-18-11-25-27(12-19(28)29-2)22(18)24-13-23-21/h3-11,13,20H,12H2,1-2H3. The first-order valence-electron chi connectivity index (χ1n) is 9.33. The number of esters is 1. The lowest BCUT2D eigenvalue weighted by molar-refractivity contribution is -0.141. The number of methoxy groups -OCH3 is 1. The van der Waals surface area contributed by atoms with Gasteiger partial charge in [0.05, 0.1) is 24.7 Å². The van der Waals surface area contributed by atoms with Crippen molar-refractivity contribution in [3.63, 3.8) is 0 Å². The van der Waals surface area contributed by atoms with E-state index in [9.17, 15) is 4.79 Å². The van der Waals surface area contributed by atoms with E-state index in [1.165, 1.54) is 40.4 Å². The highest BCUT2D eigenvalue weighted by Gasteiger charge is 2.32. The molecule has 5 rings (SSSR count). The summed E-state index contributed by atoms with van der Waals surface area (Å²) >= 11 is 0. The Labute approximate surface area is 167 Å². The molecule has 0 spiro atoms. The van der Waals surface area contributed by atoms with Crippen LogP contribution in [0.15, 0.2) is 61.1 Å². The Morgan fingerprint density at radius 3 is 2.38 bits per heavy atom. The number of ether oxygens (including phenoxy) is 1. The predicted molar refractivity (Wildman–Crippen MR) is 109 cm³/mol. The van der Waals surface area contributed by atoms with Crippen LogP contribution in [0.5, 0.6) is 0 Å². The van der Waals surface area contributed by atoms with Gasteiger partial charge in [-0.1, -0.05) is 48.5 Å². The molecule has 0 saturated carbocycles. The van der Waals surface area contributed by atoms with Gasteiger partial charge in [-0.3, -0.25) is 4.79 Å². The Hall–Kier alpha value is -3.74. The Bertz CT molecular complexity index is 1190. The van der Waals surface area contributed by atoms with E-state index in [1.807, 2.05) is 7.05 Å². The molecule has 1 aliphatic rings. The Kier molecular flexibility index (Phi) is 4.01. The lowest BCUT2D eigenvalue weighted by atomic mass is 10.0. The largest absolute Gasteiger partial charge is 0.468 e. The second-order valence-corrected chi connectivity index (χ2v) is 7.00. The first-order chi connectivity index (χ1) is 14.2. The molecule has 0 atom stereocenters. The molecule has 4 aromatic rings. The van der Waals surface area contributed by atoms with Crippen LogP contribution in [0, 0.1) is 0 Å². The fourth-order valence-electron chi connectivity index (χ4n) is 4.13. The Morgan fingerprint density at radius 2 is 1.72 bits per heavy atom. The summed E-state index contributed by atoms with van der Waals surface area (Å²) in [5.41, 5.74) is 5.57. The van der Waals surface area contributed by atoms with Gasteiger partial charge in [0.25, 0.3) is 0 Å². The maximum atomic E-state index is 11.7. The molecule has 7 heteroatoms. The first kappa shape index (κ1) is 17.4. The van der Waals surface area contributed by atoms with E-state index in [2.05, 4.69) is 68.5 Å². The van der Waals surface area contributed by atoms with Crippen molar-refractivity contribution >= 4 is 22.8 Å². The molecule has 0 bridgehead atoms. The van der Waals surface area contributed by atoms with E-state index in [0.717, 1.165) is 11.2 Å². The highest BCUT2D eigenvalue weighted by molar-refractivity contribution is 5.89. The summed E-state index contributed by atoms with van der Waals surface area (Å²) in [5, 5.41) is 5.12. The summed E-state index contributed by atoms with van der Waals surface area (Å²) in [6.07, 6.45) is 3.22. The topological polar surface area (TPSA) is 73.1 Å². The molecular weight excluding hydrogens is 366 g/mol. The van der Waals surface area contributed by atoms with Gasteiger partial charge in [-0.25, -0.2) is 14.6 Å². The van der Waals surface area contributed by atoms with Crippen LogP contribution in [-0.2, 0) is 16.1 Å². The molecule has 0 aliphatic heterocycles. The number of carbonyl (C=O) groups excluding carboxylic acids is 1. The average Bonchev–Trinajstić information content (AvgIpc) is 3.32. The number of nitrogens with zero attached hydrogens (tertiary/aromatic N) is 5. The summed E-state index contributed by atoms with van der Waals surface area (Å²) in [5.74, 6) is 0.393. The number of hydrogen-bond acceptors (Lipinski definition) is 6. The fourth-order valence-corrected chi connectivity index (χ4v) is 4.13. The maximum absolute atomic E-state index is 11.7. The van der Waals surface area contributed by atoms with Gasteiger partial charge in [0, 0.05) is 7.05 Å². The number of rotatable bonds is 4. The summed E-state index contributed by atoms with van der Waals surface area (Å²) in [6, 6.07) is 16.9. The minimum Gasteiger partial charge on any atom is -0.468 e. The zero-order valence-electron chi connectivity index (χ0n) is 16.1. The van der Waals surface area contributed by atoms with E-state index in [-0.39, 0.29) is 18.6 Å². The number of benzene rings is 2. The van der Waals surface area contributed by atoms with Crippen molar-refractivity contribution in [2.45, 2.75) is 12.6 Å². The summed E-state index contributed by atoms with van der Waals surface area (Å²) in [7, 11) is 3.39. The molecular formula is C22H19N5O2. The van der Waals surface area contributed by atoms with Gasteiger partial charge in [-0.15, -0.1) is 0 Å². The maximum Gasteiger partial charge on any atom is 0.327 e. The SMILES string of the molecule is COC(=O)Cn1ncc2c(N(C)C3c4ccccc4-c4ccccc43)ncnc21. The number of anilines is 1. The lowest BCUT2D eigenvalue weighted by Crippen LogP contribution is -2.24. The second kappa shape index (κ2) is 6.70. The van der Waals surface area contributed by atoms with Crippen molar-refractivity contribution in [2.24, 2.45) is 0 Å². The molecule has 0 unspecified atom stereocenters. The third-order valence-corrected chi connectivity index (χ3v) is 5.44. The number of fused-ring (bicyclic) bond motifs is 4. The van der Waals surface area contributed by atoms with Crippen molar-refractivity contribution in [3.8, 4) is 11.1 Å². The van der Waals surface area contributed by atoms with Crippen LogP contribution in [0.4, 0.5) is 5.82 Å². The monoisotopic (exact) mass is 385 g/mol. The number of aromatic nitrogens is 4. The average molecular weight is 385 g/mol. The summed E-state index contributed by atoms with van der Waals surface area (Å²) in [4.78, 5) is 22.7. The van der Waals surface area contributed by atoms with Crippen molar-refractivity contribution in [3.05, 3.63) is 72.2 Å². The highest BCUT2D eigenvalue weighted by atomic mass is 16.5. The van der Waals surface area contributed by atoms with Crippen LogP contribution in [0.2, 0.25) is 0 Å². The van der Waals surface area contributed by atoms with Crippen LogP contribution < -0.4 is 4.90 Å². The quantitative estimate of drug-likeness (QED) is 0.502. The molecule has 0 radical (unpaired) electrons. The normalized spacial score (nSPS) is 12.6. The van der Waals surface area contributed by atoms with E-state index in [1.54, 1.807) is 6.20 Å². The Morgan fingerprint density at radius 1 is 1.07 bits per heavy atom. The Balaban J connectivity index is 1.62. The minimum absolute atomic E-state index is 0.00919. The molecule has 2 aromatic carbocycles. The molecule has 0 N–H and O–H groups in total. The molecule has 144 valence electrons. The summed E-state index contributed by atoms with van der Waals surface area (Å²) in [6.45, 7) is 0.00919. The number of carbonyl (C=O) groups is 1. The van der Waals surface area contributed by atoms with Gasteiger partial charge in [0.1, 0.15) is 18.7 Å². The molecule has 0 amide bonds.